The molecule has 1 aliphatic heterocycles. The molecule has 1 fully saturated rings. The molecule has 94 valence electrons. The Morgan fingerprint density at radius 1 is 1.22 bits per heavy atom. The molecule has 4 heteroatoms. The van der Waals surface area contributed by atoms with Gasteiger partial charge in [-0.2, -0.15) is 0 Å². The van der Waals surface area contributed by atoms with Crippen LogP contribution in [0.1, 0.15) is 36.0 Å². The van der Waals surface area contributed by atoms with E-state index in [9.17, 15) is 9.59 Å². The van der Waals surface area contributed by atoms with Crippen molar-refractivity contribution in [2.45, 2.75) is 25.7 Å². The van der Waals surface area contributed by atoms with E-state index >= 15 is 0 Å². The summed E-state index contributed by atoms with van der Waals surface area (Å²) < 4.78 is 0. The fourth-order valence-corrected chi connectivity index (χ4v) is 3.08. The van der Waals surface area contributed by atoms with Gasteiger partial charge in [0, 0.05) is 11.6 Å². The lowest BCUT2D eigenvalue weighted by molar-refractivity contribution is -0.114. The molecule has 2 aliphatic rings. The third-order valence-electron chi connectivity index (χ3n) is 3.85. The van der Waals surface area contributed by atoms with Gasteiger partial charge in [-0.05, 0) is 37.0 Å². The van der Waals surface area contributed by atoms with Gasteiger partial charge in [-0.1, -0.05) is 24.4 Å². The number of benzene rings is 1. The van der Waals surface area contributed by atoms with Crippen molar-refractivity contribution < 1.29 is 9.59 Å². The molecule has 1 saturated carbocycles. The minimum absolute atomic E-state index is 0.404. The van der Waals surface area contributed by atoms with Gasteiger partial charge < -0.3 is 4.90 Å². The molecule has 0 radical (unpaired) electrons. The second-order valence-corrected chi connectivity index (χ2v) is 5.49. The maximum Gasteiger partial charge on any atom is 0.299 e. The molecule has 0 saturated heterocycles. The van der Waals surface area contributed by atoms with Gasteiger partial charge in [0.15, 0.2) is 0 Å². The van der Waals surface area contributed by atoms with Crippen LogP contribution in [0.2, 0.25) is 5.02 Å². The Labute approximate surface area is 111 Å². The lowest BCUT2D eigenvalue weighted by atomic mass is 10.1. The van der Waals surface area contributed by atoms with Gasteiger partial charge in [0.2, 0.25) is 0 Å². The quantitative estimate of drug-likeness (QED) is 0.769. The number of carbonyl (C=O) groups is 2. The number of rotatable bonds is 2. The third-order valence-corrected chi connectivity index (χ3v) is 4.08. The first-order valence-electron chi connectivity index (χ1n) is 6.32. The summed E-state index contributed by atoms with van der Waals surface area (Å²) in [4.78, 5) is 25.5. The highest BCUT2D eigenvalue weighted by Gasteiger charge is 2.37. The number of carbonyl (C=O) groups excluding carboxylic acids is 2. The summed E-state index contributed by atoms with van der Waals surface area (Å²) in [6.45, 7) is 0.666. The number of hydrogen-bond acceptors (Lipinski definition) is 2. The molecule has 1 aromatic rings. The first kappa shape index (κ1) is 11.7. The van der Waals surface area contributed by atoms with Crippen LogP contribution in [0.5, 0.6) is 0 Å². The van der Waals surface area contributed by atoms with Crippen LogP contribution < -0.4 is 4.90 Å². The molecule has 1 amide bonds. The number of halogens is 1. The summed E-state index contributed by atoms with van der Waals surface area (Å²) in [5.41, 5.74) is 1.17. The van der Waals surface area contributed by atoms with Gasteiger partial charge in [-0.25, -0.2) is 0 Å². The topological polar surface area (TPSA) is 37.4 Å². The number of amides is 1. The van der Waals surface area contributed by atoms with Crippen molar-refractivity contribution in [1.29, 1.82) is 0 Å². The van der Waals surface area contributed by atoms with Crippen molar-refractivity contribution in [2.75, 3.05) is 11.4 Å². The van der Waals surface area contributed by atoms with Crippen molar-refractivity contribution in [3.05, 3.63) is 28.8 Å². The first-order chi connectivity index (χ1) is 8.66. The van der Waals surface area contributed by atoms with E-state index in [4.69, 9.17) is 11.6 Å². The van der Waals surface area contributed by atoms with E-state index in [-0.39, 0.29) is 0 Å². The normalized spacial score (nSPS) is 19.7. The van der Waals surface area contributed by atoms with Crippen molar-refractivity contribution in [3.8, 4) is 0 Å². The van der Waals surface area contributed by atoms with E-state index in [1.165, 1.54) is 12.8 Å². The van der Waals surface area contributed by atoms with Crippen LogP contribution in [0.4, 0.5) is 5.69 Å². The Kier molecular flexibility index (Phi) is 2.86. The Hall–Kier alpha value is -1.35. The molecular formula is C14H14ClNO2. The maximum atomic E-state index is 12.0. The Morgan fingerprint density at radius 2 is 1.94 bits per heavy atom. The number of Topliss-reactive ketones (excluding diaryl/α,β-unsaturated/α-hetero) is 1. The number of anilines is 1. The second kappa shape index (κ2) is 4.39. The highest BCUT2D eigenvalue weighted by molar-refractivity contribution is 6.52. The fourth-order valence-electron chi connectivity index (χ4n) is 2.91. The fraction of sp³-hybridized carbons (Fsp3) is 0.429. The SMILES string of the molecule is O=C1C(=O)N(CC2CCCC2)c2ccc(Cl)cc21. The summed E-state index contributed by atoms with van der Waals surface area (Å²) in [6, 6.07) is 5.09. The highest BCUT2D eigenvalue weighted by atomic mass is 35.5. The smallest absolute Gasteiger partial charge is 0.299 e. The van der Waals surface area contributed by atoms with Gasteiger partial charge >= 0.3 is 0 Å². The zero-order valence-corrected chi connectivity index (χ0v) is 10.7. The average molecular weight is 264 g/mol. The number of nitrogens with zero attached hydrogens (tertiary/aromatic N) is 1. The molecule has 18 heavy (non-hydrogen) atoms. The van der Waals surface area contributed by atoms with Gasteiger partial charge in [0.05, 0.1) is 11.3 Å². The van der Waals surface area contributed by atoms with Gasteiger partial charge in [0.25, 0.3) is 11.7 Å². The van der Waals surface area contributed by atoms with Crippen LogP contribution in [-0.2, 0) is 4.79 Å². The maximum absolute atomic E-state index is 12.0. The predicted molar refractivity (Wildman–Crippen MR) is 70.1 cm³/mol. The monoisotopic (exact) mass is 263 g/mol. The molecule has 1 aromatic carbocycles. The minimum atomic E-state index is -0.425. The average Bonchev–Trinajstić information content (AvgIpc) is 2.94. The zero-order valence-electron chi connectivity index (χ0n) is 9.99. The Balaban J connectivity index is 1.91. The summed E-state index contributed by atoms with van der Waals surface area (Å²) in [5.74, 6) is -0.298. The zero-order chi connectivity index (χ0) is 12.7. The number of ketones is 1. The minimum Gasteiger partial charge on any atom is -0.304 e. The molecule has 0 atom stereocenters. The summed E-state index contributed by atoms with van der Waals surface area (Å²) in [7, 11) is 0. The van der Waals surface area contributed by atoms with E-state index in [1.807, 2.05) is 0 Å². The number of fused-ring (bicyclic) bond motifs is 1. The van der Waals surface area contributed by atoms with E-state index in [0.717, 1.165) is 18.5 Å². The van der Waals surface area contributed by atoms with Gasteiger partial charge in [-0.15, -0.1) is 0 Å². The molecule has 0 unspecified atom stereocenters. The van der Waals surface area contributed by atoms with Crippen LogP contribution in [-0.4, -0.2) is 18.2 Å². The van der Waals surface area contributed by atoms with Crippen LogP contribution in [0.15, 0.2) is 18.2 Å². The van der Waals surface area contributed by atoms with Crippen LogP contribution >= 0.6 is 11.6 Å². The molecule has 0 N–H and O–H groups in total. The standard InChI is InChI=1S/C14H14ClNO2/c15-10-5-6-12-11(7-10)13(17)14(18)16(12)8-9-3-1-2-4-9/h5-7,9H,1-4,8H2. The van der Waals surface area contributed by atoms with Gasteiger partial charge in [-0.3, -0.25) is 9.59 Å². The van der Waals surface area contributed by atoms with E-state index < -0.39 is 11.7 Å². The molecule has 3 rings (SSSR count). The van der Waals surface area contributed by atoms with Crippen molar-refractivity contribution >= 4 is 29.0 Å². The van der Waals surface area contributed by atoms with Crippen molar-refractivity contribution in [3.63, 3.8) is 0 Å². The Morgan fingerprint density at radius 3 is 2.67 bits per heavy atom. The first-order valence-corrected chi connectivity index (χ1v) is 6.70. The molecular weight excluding hydrogens is 250 g/mol. The number of hydrogen-bond donors (Lipinski definition) is 0. The molecule has 0 bridgehead atoms. The predicted octanol–water partition coefficient (Wildman–Crippen LogP) is 3.06. The van der Waals surface area contributed by atoms with Gasteiger partial charge in [0.1, 0.15) is 0 Å². The Bertz CT molecular complexity index is 521. The lowest BCUT2D eigenvalue weighted by Crippen LogP contribution is -2.33. The van der Waals surface area contributed by atoms with Crippen molar-refractivity contribution in [2.24, 2.45) is 5.92 Å². The molecule has 0 aromatic heterocycles. The lowest BCUT2D eigenvalue weighted by Gasteiger charge is -2.20. The van der Waals surface area contributed by atoms with Crippen LogP contribution in [0.25, 0.3) is 0 Å². The largest absolute Gasteiger partial charge is 0.304 e. The molecule has 0 spiro atoms. The van der Waals surface area contributed by atoms with E-state index in [1.54, 1.807) is 23.1 Å². The molecule has 3 nitrogen and oxygen atoms in total. The van der Waals surface area contributed by atoms with Crippen LogP contribution in [0.3, 0.4) is 0 Å². The summed E-state index contributed by atoms with van der Waals surface area (Å²) in [5, 5.41) is 0.498. The molecule has 1 aliphatic carbocycles. The van der Waals surface area contributed by atoms with Crippen LogP contribution in [0, 0.1) is 5.92 Å². The van der Waals surface area contributed by atoms with E-state index in [2.05, 4.69) is 0 Å². The summed E-state index contributed by atoms with van der Waals surface area (Å²) in [6.07, 6.45) is 4.77. The summed E-state index contributed by atoms with van der Waals surface area (Å²) >= 11 is 5.87. The third kappa shape index (κ3) is 1.83. The second-order valence-electron chi connectivity index (χ2n) is 5.06. The highest BCUT2D eigenvalue weighted by Crippen LogP contribution is 2.34. The van der Waals surface area contributed by atoms with Crippen molar-refractivity contribution in [1.82, 2.24) is 0 Å². The molecule has 1 heterocycles. The van der Waals surface area contributed by atoms with E-state index in [0.29, 0.717) is 23.0 Å².